The van der Waals surface area contributed by atoms with E-state index in [0.717, 1.165) is 10.0 Å². The topological polar surface area (TPSA) is 66.6 Å². The van der Waals surface area contributed by atoms with Gasteiger partial charge in [-0.2, -0.15) is 0 Å². The fourth-order valence-electron chi connectivity index (χ4n) is 1.78. The summed E-state index contributed by atoms with van der Waals surface area (Å²) < 4.78 is 0.779. The molecule has 0 aromatic heterocycles. The van der Waals surface area contributed by atoms with Crippen LogP contribution in [0.5, 0.6) is 0 Å². The molecule has 0 fully saturated rings. The Morgan fingerprint density at radius 1 is 1.50 bits per heavy atom. The third kappa shape index (κ3) is 3.23. The molecule has 0 bridgehead atoms. The monoisotopic (exact) mass is 314 g/mol. The molecular weight excluding hydrogens is 296 g/mol. The van der Waals surface area contributed by atoms with Crippen LogP contribution in [0.2, 0.25) is 0 Å². The van der Waals surface area contributed by atoms with Crippen molar-refractivity contribution < 1.29 is 9.90 Å². The lowest BCUT2D eigenvalue weighted by atomic mass is 10.1. The lowest BCUT2D eigenvalue weighted by Gasteiger charge is -2.27. The van der Waals surface area contributed by atoms with E-state index in [1.807, 2.05) is 20.8 Å². The molecule has 0 aliphatic heterocycles. The first kappa shape index (κ1) is 15.0. The highest BCUT2D eigenvalue weighted by Gasteiger charge is 2.21. The van der Waals surface area contributed by atoms with Crippen molar-refractivity contribution in [3.63, 3.8) is 0 Å². The van der Waals surface area contributed by atoms with Gasteiger partial charge in [0.15, 0.2) is 0 Å². The fraction of sp³-hybridized carbons (Fsp3) is 0.462. The predicted octanol–water partition coefficient (Wildman–Crippen LogP) is 2.18. The highest BCUT2D eigenvalue weighted by Crippen LogP contribution is 2.24. The standard InChI is InChI=1S/C13H19BrN2O2/c1-8(2)16(4-5-17)13(18)11-6-10(14)7-12(15)9(11)3/h6-8,17H,4-5,15H2,1-3H3. The largest absolute Gasteiger partial charge is 0.398 e. The Hall–Kier alpha value is -1.07. The Balaban J connectivity index is 3.16. The lowest BCUT2D eigenvalue weighted by molar-refractivity contribution is 0.0664. The number of benzene rings is 1. The summed E-state index contributed by atoms with van der Waals surface area (Å²) >= 11 is 3.34. The lowest BCUT2D eigenvalue weighted by Crippen LogP contribution is -2.39. The maximum Gasteiger partial charge on any atom is 0.254 e. The molecule has 1 rings (SSSR count). The van der Waals surface area contributed by atoms with Crippen LogP contribution in [0.25, 0.3) is 0 Å². The van der Waals surface area contributed by atoms with Crippen LogP contribution < -0.4 is 5.73 Å². The summed E-state index contributed by atoms with van der Waals surface area (Å²) in [6.07, 6.45) is 0. The Morgan fingerprint density at radius 3 is 2.61 bits per heavy atom. The Bertz CT molecular complexity index is 447. The summed E-state index contributed by atoms with van der Waals surface area (Å²) in [5.74, 6) is -0.107. The summed E-state index contributed by atoms with van der Waals surface area (Å²) in [6.45, 7) is 5.94. The minimum Gasteiger partial charge on any atom is -0.398 e. The second kappa shape index (κ2) is 6.20. The maximum atomic E-state index is 12.4. The molecule has 0 radical (unpaired) electrons. The van der Waals surface area contributed by atoms with Crippen LogP contribution in [0.3, 0.4) is 0 Å². The summed E-state index contributed by atoms with van der Waals surface area (Å²) in [7, 11) is 0. The number of rotatable bonds is 4. The molecule has 0 unspecified atom stereocenters. The second-order valence-electron chi connectivity index (χ2n) is 4.48. The van der Waals surface area contributed by atoms with Crippen LogP contribution in [0, 0.1) is 6.92 Å². The van der Waals surface area contributed by atoms with Crippen LogP contribution in [-0.2, 0) is 0 Å². The van der Waals surface area contributed by atoms with Crippen LogP contribution in [-0.4, -0.2) is 35.1 Å². The van der Waals surface area contributed by atoms with Crippen molar-refractivity contribution in [2.75, 3.05) is 18.9 Å². The van der Waals surface area contributed by atoms with E-state index < -0.39 is 0 Å². The molecule has 0 aliphatic carbocycles. The number of amides is 1. The molecule has 3 N–H and O–H groups in total. The smallest absolute Gasteiger partial charge is 0.254 e. The van der Waals surface area contributed by atoms with Crippen molar-refractivity contribution in [2.45, 2.75) is 26.8 Å². The van der Waals surface area contributed by atoms with E-state index in [4.69, 9.17) is 10.8 Å². The van der Waals surface area contributed by atoms with Crippen molar-refractivity contribution in [2.24, 2.45) is 0 Å². The molecule has 0 atom stereocenters. The maximum absolute atomic E-state index is 12.4. The number of nitrogens with two attached hydrogens (primary N) is 1. The fourth-order valence-corrected chi connectivity index (χ4v) is 2.25. The van der Waals surface area contributed by atoms with Crippen molar-refractivity contribution in [3.05, 3.63) is 27.7 Å². The van der Waals surface area contributed by atoms with E-state index in [2.05, 4.69) is 15.9 Å². The van der Waals surface area contributed by atoms with Crippen LogP contribution in [0.1, 0.15) is 29.8 Å². The van der Waals surface area contributed by atoms with E-state index in [1.165, 1.54) is 0 Å². The number of hydrogen-bond donors (Lipinski definition) is 2. The minimum absolute atomic E-state index is 0.0317. The SMILES string of the molecule is Cc1c(N)cc(Br)cc1C(=O)N(CCO)C(C)C. The summed E-state index contributed by atoms with van der Waals surface area (Å²) in [5, 5.41) is 9.03. The van der Waals surface area contributed by atoms with E-state index >= 15 is 0 Å². The van der Waals surface area contributed by atoms with Gasteiger partial charge in [-0.25, -0.2) is 0 Å². The van der Waals surface area contributed by atoms with Gasteiger partial charge < -0.3 is 15.7 Å². The number of aliphatic hydroxyl groups is 1. The van der Waals surface area contributed by atoms with Crippen molar-refractivity contribution >= 4 is 27.5 Å². The Kier molecular flexibility index (Phi) is 5.16. The highest BCUT2D eigenvalue weighted by atomic mass is 79.9. The van der Waals surface area contributed by atoms with E-state index in [1.54, 1.807) is 17.0 Å². The number of hydrogen-bond acceptors (Lipinski definition) is 3. The summed E-state index contributed by atoms with van der Waals surface area (Å²) in [4.78, 5) is 14.1. The van der Waals surface area contributed by atoms with E-state index in [0.29, 0.717) is 17.8 Å². The molecule has 1 aromatic rings. The molecule has 0 saturated carbocycles. The van der Waals surface area contributed by atoms with Crippen molar-refractivity contribution in [1.29, 1.82) is 0 Å². The van der Waals surface area contributed by atoms with Gasteiger partial charge in [-0.1, -0.05) is 15.9 Å². The first-order chi connectivity index (χ1) is 8.38. The first-order valence-corrected chi connectivity index (χ1v) is 6.65. The summed E-state index contributed by atoms with van der Waals surface area (Å²) in [6, 6.07) is 3.57. The summed E-state index contributed by atoms with van der Waals surface area (Å²) in [5.41, 5.74) is 7.79. The average Bonchev–Trinajstić information content (AvgIpc) is 2.29. The van der Waals surface area contributed by atoms with Crippen molar-refractivity contribution in [3.8, 4) is 0 Å². The molecule has 0 heterocycles. The number of nitrogen functional groups attached to an aromatic ring is 1. The van der Waals surface area contributed by atoms with E-state index in [-0.39, 0.29) is 18.6 Å². The zero-order valence-electron chi connectivity index (χ0n) is 10.9. The predicted molar refractivity (Wildman–Crippen MR) is 76.5 cm³/mol. The van der Waals surface area contributed by atoms with Crippen molar-refractivity contribution in [1.82, 2.24) is 4.90 Å². The number of aliphatic hydroxyl groups excluding tert-OH is 1. The molecule has 5 heteroatoms. The molecule has 0 aliphatic rings. The second-order valence-corrected chi connectivity index (χ2v) is 5.40. The third-order valence-electron chi connectivity index (χ3n) is 2.87. The third-order valence-corrected chi connectivity index (χ3v) is 3.33. The average molecular weight is 315 g/mol. The van der Waals surface area contributed by atoms with Gasteiger partial charge in [-0.3, -0.25) is 4.79 Å². The van der Waals surface area contributed by atoms with Gasteiger partial charge in [-0.05, 0) is 38.5 Å². The molecule has 0 spiro atoms. The molecule has 4 nitrogen and oxygen atoms in total. The number of anilines is 1. The van der Waals surface area contributed by atoms with Crippen LogP contribution >= 0.6 is 15.9 Å². The van der Waals surface area contributed by atoms with E-state index in [9.17, 15) is 4.79 Å². The van der Waals surface area contributed by atoms with Gasteiger partial charge in [-0.15, -0.1) is 0 Å². The van der Waals surface area contributed by atoms with Gasteiger partial charge in [0.25, 0.3) is 5.91 Å². The molecule has 18 heavy (non-hydrogen) atoms. The highest BCUT2D eigenvalue weighted by molar-refractivity contribution is 9.10. The molecule has 1 amide bonds. The minimum atomic E-state index is -0.107. The molecular formula is C13H19BrN2O2. The quantitative estimate of drug-likeness (QED) is 0.837. The van der Waals surface area contributed by atoms with Gasteiger partial charge in [0.2, 0.25) is 0 Å². The number of halogens is 1. The molecule has 100 valence electrons. The zero-order valence-corrected chi connectivity index (χ0v) is 12.5. The zero-order chi connectivity index (χ0) is 13.9. The first-order valence-electron chi connectivity index (χ1n) is 5.86. The Labute approximate surface area is 116 Å². The molecule has 1 aromatic carbocycles. The van der Waals surface area contributed by atoms with Crippen LogP contribution in [0.15, 0.2) is 16.6 Å². The van der Waals surface area contributed by atoms with Gasteiger partial charge in [0.1, 0.15) is 0 Å². The number of carbonyl (C=O) groups excluding carboxylic acids is 1. The number of carbonyl (C=O) groups is 1. The van der Waals surface area contributed by atoms with Gasteiger partial charge >= 0.3 is 0 Å². The number of nitrogens with zero attached hydrogens (tertiary/aromatic N) is 1. The van der Waals surface area contributed by atoms with Gasteiger partial charge in [0, 0.05) is 28.3 Å². The normalized spacial score (nSPS) is 10.8. The van der Waals surface area contributed by atoms with Gasteiger partial charge in [0.05, 0.1) is 6.61 Å². The van der Waals surface area contributed by atoms with Crippen LogP contribution in [0.4, 0.5) is 5.69 Å². The molecule has 0 saturated heterocycles. The Morgan fingerprint density at radius 2 is 2.11 bits per heavy atom.